The lowest BCUT2D eigenvalue weighted by molar-refractivity contribution is -0.479. The molecule has 1 heterocycles. The van der Waals surface area contributed by atoms with E-state index in [-0.39, 0.29) is 40.9 Å². The molecule has 1 saturated heterocycles. The summed E-state index contributed by atoms with van der Waals surface area (Å²) in [6.07, 6.45) is 9.54. The van der Waals surface area contributed by atoms with Crippen molar-refractivity contribution in [3.63, 3.8) is 0 Å². The molecule has 0 bridgehead atoms. The average Bonchev–Trinajstić information content (AvgIpc) is 3.98. The standard InChI is InChI=1S/C43H44N2O6/c1-7-28(5)44(34-17-21-36(22-18-34)49-25-38-26-50-38)32-13-9-30(10-14-32)39-41(46)40(42(39)47)31-11-15-33(16-12-31)45(29(6)8-2)35-19-23-37(24-20-35)51-43(48)27(3)4/h9-24,28-29,38H,3,7-8,25-26H2,1-2,4-6H3. The number of Topliss-reactive ketones (excluding diaryl/α,β-unsaturated/α-hetero) is 1. The van der Waals surface area contributed by atoms with Gasteiger partial charge in [0.15, 0.2) is 11.8 Å². The van der Waals surface area contributed by atoms with Crippen LogP contribution in [0.2, 0.25) is 0 Å². The Hall–Kier alpha value is -5.47. The van der Waals surface area contributed by atoms with Crippen LogP contribution in [-0.2, 0) is 14.3 Å². The first-order valence-corrected chi connectivity index (χ1v) is 17.5. The summed E-state index contributed by atoms with van der Waals surface area (Å²) >= 11 is 0. The number of esters is 1. The van der Waals surface area contributed by atoms with Crippen molar-refractivity contribution in [3.8, 4) is 11.5 Å². The number of hydrogen-bond donors (Lipinski definition) is 0. The molecular formula is C43H44N2O6. The summed E-state index contributed by atoms with van der Waals surface area (Å²) in [4.78, 5) is 27.7. The van der Waals surface area contributed by atoms with Gasteiger partial charge in [-0.2, -0.15) is 4.58 Å². The van der Waals surface area contributed by atoms with Gasteiger partial charge in [-0.25, -0.2) is 4.79 Å². The van der Waals surface area contributed by atoms with Gasteiger partial charge in [-0.15, -0.1) is 0 Å². The van der Waals surface area contributed by atoms with Crippen molar-refractivity contribution in [2.75, 3.05) is 18.1 Å². The van der Waals surface area contributed by atoms with E-state index in [0.29, 0.717) is 29.1 Å². The van der Waals surface area contributed by atoms with E-state index >= 15 is 0 Å². The molecule has 6 rings (SSSR count). The van der Waals surface area contributed by atoms with Crippen molar-refractivity contribution < 1.29 is 33.5 Å². The molecular weight excluding hydrogens is 640 g/mol. The number of anilines is 2. The quantitative estimate of drug-likeness (QED) is 0.0604. The SMILES string of the molecule is C=C(C)C(=O)Oc1ccc([N+](=C2C=CC(=C3C(=O)C(c4ccc(N(c5ccc(OCC6CO6)cc5)C(C)CC)cc4)=C3[O-])C=C2)C(C)CC)cc1. The molecule has 3 aliphatic rings. The Labute approximate surface area is 300 Å². The number of rotatable bonds is 13. The van der Waals surface area contributed by atoms with Crippen molar-refractivity contribution in [1.29, 1.82) is 0 Å². The molecule has 0 aromatic heterocycles. The number of allylic oxidation sites excluding steroid dienone is 7. The molecule has 51 heavy (non-hydrogen) atoms. The summed E-state index contributed by atoms with van der Waals surface area (Å²) in [5.74, 6) is 0.283. The van der Waals surface area contributed by atoms with Crippen molar-refractivity contribution in [2.24, 2.45) is 0 Å². The van der Waals surface area contributed by atoms with Crippen LogP contribution in [0.4, 0.5) is 17.1 Å². The Morgan fingerprint density at radius 1 is 0.902 bits per heavy atom. The number of carbonyl (C=O) groups is 2. The van der Waals surface area contributed by atoms with E-state index in [1.54, 1.807) is 19.1 Å². The molecule has 1 fully saturated rings. The van der Waals surface area contributed by atoms with E-state index in [2.05, 4.69) is 43.7 Å². The van der Waals surface area contributed by atoms with Gasteiger partial charge >= 0.3 is 5.97 Å². The van der Waals surface area contributed by atoms with E-state index in [1.165, 1.54) is 0 Å². The lowest BCUT2D eigenvalue weighted by atomic mass is 9.80. The number of carbonyl (C=O) groups excluding carboxylic acids is 2. The van der Waals surface area contributed by atoms with E-state index in [9.17, 15) is 14.7 Å². The second-order valence-electron chi connectivity index (χ2n) is 13.2. The maximum atomic E-state index is 13.5. The first-order valence-electron chi connectivity index (χ1n) is 17.5. The second-order valence-corrected chi connectivity index (χ2v) is 13.2. The van der Waals surface area contributed by atoms with Crippen LogP contribution < -0.4 is 19.5 Å². The molecule has 8 nitrogen and oxygen atoms in total. The molecule has 0 amide bonds. The average molecular weight is 685 g/mol. The lowest BCUT2D eigenvalue weighted by Crippen LogP contribution is -2.30. The molecule has 262 valence electrons. The summed E-state index contributed by atoms with van der Waals surface area (Å²) in [6.45, 7) is 15.1. The van der Waals surface area contributed by atoms with E-state index in [4.69, 9.17) is 14.2 Å². The Balaban J connectivity index is 1.21. The normalized spacial score (nSPS) is 17.5. The van der Waals surface area contributed by atoms with E-state index < -0.39 is 5.97 Å². The summed E-state index contributed by atoms with van der Waals surface area (Å²) in [6, 6.07) is 23.4. The highest BCUT2D eigenvalue weighted by molar-refractivity contribution is 6.39. The van der Waals surface area contributed by atoms with Gasteiger partial charge < -0.3 is 24.2 Å². The zero-order chi connectivity index (χ0) is 36.2. The van der Waals surface area contributed by atoms with Crippen molar-refractivity contribution in [2.45, 2.75) is 65.6 Å². The maximum absolute atomic E-state index is 13.5. The van der Waals surface area contributed by atoms with Crippen LogP contribution in [0.1, 0.15) is 53.0 Å². The van der Waals surface area contributed by atoms with Gasteiger partial charge in [0.1, 0.15) is 24.2 Å². The van der Waals surface area contributed by atoms with Crippen LogP contribution >= 0.6 is 0 Å². The highest BCUT2D eigenvalue weighted by Crippen LogP contribution is 2.39. The third-order valence-corrected chi connectivity index (χ3v) is 9.47. The summed E-state index contributed by atoms with van der Waals surface area (Å²) in [5.41, 5.74) is 5.81. The van der Waals surface area contributed by atoms with Gasteiger partial charge in [-0.3, -0.25) is 4.79 Å². The Morgan fingerprint density at radius 2 is 1.49 bits per heavy atom. The van der Waals surface area contributed by atoms with Crippen LogP contribution in [-0.4, -0.2) is 53.4 Å². The minimum Gasteiger partial charge on any atom is -0.871 e. The molecule has 0 saturated carbocycles. The molecule has 1 aliphatic heterocycles. The predicted octanol–water partition coefficient (Wildman–Crippen LogP) is 7.54. The van der Waals surface area contributed by atoms with Crippen molar-refractivity contribution in [1.82, 2.24) is 0 Å². The zero-order valence-electron chi connectivity index (χ0n) is 29.8. The molecule has 3 aromatic carbocycles. The highest BCUT2D eigenvalue weighted by Gasteiger charge is 2.31. The molecule has 0 spiro atoms. The number of ether oxygens (including phenoxy) is 3. The van der Waals surface area contributed by atoms with Crippen LogP contribution in [0.15, 0.2) is 126 Å². The monoisotopic (exact) mass is 684 g/mol. The number of ketones is 1. The summed E-state index contributed by atoms with van der Waals surface area (Å²) in [5, 5.41) is 13.5. The summed E-state index contributed by atoms with van der Waals surface area (Å²) in [7, 11) is 0. The lowest BCUT2D eigenvalue weighted by Gasteiger charge is -2.33. The molecule has 0 N–H and O–H groups in total. The van der Waals surface area contributed by atoms with E-state index in [1.807, 2.05) is 85.0 Å². The fourth-order valence-electron chi connectivity index (χ4n) is 6.10. The third-order valence-electron chi connectivity index (χ3n) is 9.47. The smallest absolute Gasteiger partial charge is 0.338 e. The van der Waals surface area contributed by atoms with Gasteiger partial charge in [0.2, 0.25) is 11.4 Å². The van der Waals surface area contributed by atoms with Gasteiger partial charge in [0, 0.05) is 64.8 Å². The van der Waals surface area contributed by atoms with E-state index in [0.717, 1.165) is 48.0 Å². The molecule has 0 radical (unpaired) electrons. The van der Waals surface area contributed by atoms with Crippen LogP contribution in [0.5, 0.6) is 11.5 Å². The minimum absolute atomic E-state index is 0.152. The fourth-order valence-corrected chi connectivity index (χ4v) is 6.10. The Kier molecular flexibility index (Phi) is 10.5. The topological polar surface area (TPSA) is 94.4 Å². The highest BCUT2D eigenvalue weighted by atomic mass is 16.6. The van der Waals surface area contributed by atoms with Crippen LogP contribution in [0, 0.1) is 0 Å². The van der Waals surface area contributed by atoms with Crippen LogP contribution in [0.25, 0.3) is 5.57 Å². The first-order chi connectivity index (χ1) is 24.6. The van der Waals surface area contributed by atoms with Gasteiger partial charge in [-0.05, 0) is 99.0 Å². The number of epoxide rings is 1. The molecule has 3 atom stereocenters. The number of nitrogens with zero attached hydrogens (tertiary/aromatic N) is 2. The number of benzene rings is 3. The zero-order valence-corrected chi connectivity index (χ0v) is 29.8. The fraction of sp³-hybridized carbons (Fsp3) is 0.279. The van der Waals surface area contributed by atoms with Gasteiger partial charge in [0.05, 0.1) is 6.61 Å². The number of hydrogen-bond acceptors (Lipinski definition) is 7. The second kappa shape index (κ2) is 15.2. The van der Waals surface area contributed by atoms with Crippen LogP contribution in [0.3, 0.4) is 0 Å². The molecule has 3 aromatic rings. The predicted molar refractivity (Wildman–Crippen MR) is 199 cm³/mol. The molecule has 2 aliphatic carbocycles. The van der Waals surface area contributed by atoms with Gasteiger partial charge in [-0.1, -0.05) is 38.3 Å². The Morgan fingerprint density at radius 3 is 2.02 bits per heavy atom. The first kappa shape index (κ1) is 35.4. The van der Waals surface area contributed by atoms with Crippen molar-refractivity contribution in [3.05, 3.63) is 132 Å². The maximum Gasteiger partial charge on any atom is 0.338 e. The van der Waals surface area contributed by atoms with Crippen molar-refractivity contribution >= 4 is 40.1 Å². The third kappa shape index (κ3) is 7.66. The Bertz CT molecular complexity index is 1960. The summed E-state index contributed by atoms with van der Waals surface area (Å²) < 4.78 is 18.6. The van der Waals surface area contributed by atoms with Gasteiger partial charge in [0.25, 0.3) is 0 Å². The molecule has 8 heteroatoms. The minimum atomic E-state index is -0.468. The molecule has 3 unspecified atom stereocenters. The largest absolute Gasteiger partial charge is 0.871 e.